The van der Waals surface area contributed by atoms with Gasteiger partial charge in [-0.2, -0.15) is 0 Å². The van der Waals surface area contributed by atoms with Gasteiger partial charge in [-0.05, 0) is 31.2 Å². The molecule has 1 aromatic carbocycles. The summed E-state index contributed by atoms with van der Waals surface area (Å²) in [6.07, 6.45) is 3.38. The molecule has 3 aromatic rings. The summed E-state index contributed by atoms with van der Waals surface area (Å²) in [4.78, 5) is 12.9. The van der Waals surface area contributed by atoms with Crippen molar-refractivity contribution in [3.05, 3.63) is 42.6 Å². The SMILES string of the molecule is CCn1cnc2ncc(-c3ccc(F)cc3)nc21. The van der Waals surface area contributed by atoms with Crippen LogP contribution in [-0.4, -0.2) is 19.5 Å². The fourth-order valence-electron chi connectivity index (χ4n) is 1.83. The molecule has 0 saturated carbocycles. The number of imidazole rings is 1. The maximum atomic E-state index is 12.9. The molecule has 0 spiro atoms. The van der Waals surface area contributed by atoms with E-state index in [0.717, 1.165) is 23.4 Å². The van der Waals surface area contributed by atoms with E-state index in [4.69, 9.17) is 0 Å². The predicted molar refractivity (Wildman–Crippen MR) is 66.4 cm³/mol. The van der Waals surface area contributed by atoms with Crippen molar-refractivity contribution >= 4 is 11.3 Å². The molecule has 0 fully saturated rings. The Balaban J connectivity index is 2.14. The average Bonchev–Trinajstić information content (AvgIpc) is 2.81. The highest BCUT2D eigenvalue weighted by molar-refractivity contribution is 5.70. The summed E-state index contributed by atoms with van der Waals surface area (Å²) < 4.78 is 14.8. The molecular weight excluding hydrogens is 231 g/mol. The third kappa shape index (κ3) is 1.73. The van der Waals surface area contributed by atoms with Crippen LogP contribution in [0.1, 0.15) is 6.92 Å². The third-order valence-corrected chi connectivity index (χ3v) is 2.81. The van der Waals surface area contributed by atoms with Crippen LogP contribution in [0.2, 0.25) is 0 Å². The number of rotatable bonds is 2. The molecule has 18 heavy (non-hydrogen) atoms. The molecule has 0 aliphatic rings. The maximum Gasteiger partial charge on any atom is 0.197 e. The first-order valence-corrected chi connectivity index (χ1v) is 5.71. The van der Waals surface area contributed by atoms with E-state index in [1.165, 1.54) is 12.1 Å². The Hall–Kier alpha value is -2.30. The Morgan fingerprint density at radius 1 is 1.17 bits per heavy atom. The molecule has 0 bridgehead atoms. The minimum Gasteiger partial charge on any atom is -0.314 e. The summed E-state index contributed by atoms with van der Waals surface area (Å²) in [5.41, 5.74) is 2.94. The van der Waals surface area contributed by atoms with Crippen molar-refractivity contribution in [2.24, 2.45) is 0 Å². The number of aryl methyl sites for hydroxylation is 1. The second-order valence-corrected chi connectivity index (χ2v) is 3.94. The quantitative estimate of drug-likeness (QED) is 0.693. The van der Waals surface area contributed by atoms with E-state index in [9.17, 15) is 4.39 Å². The second-order valence-electron chi connectivity index (χ2n) is 3.94. The molecule has 0 radical (unpaired) electrons. The number of benzene rings is 1. The van der Waals surface area contributed by atoms with E-state index in [1.54, 1.807) is 24.7 Å². The van der Waals surface area contributed by atoms with Crippen molar-refractivity contribution in [3.63, 3.8) is 0 Å². The normalized spacial score (nSPS) is 11.0. The molecule has 0 unspecified atom stereocenters. The van der Waals surface area contributed by atoms with E-state index in [1.807, 2.05) is 11.5 Å². The Morgan fingerprint density at radius 3 is 2.67 bits per heavy atom. The van der Waals surface area contributed by atoms with E-state index in [-0.39, 0.29) is 5.82 Å². The zero-order valence-electron chi connectivity index (χ0n) is 9.84. The lowest BCUT2D eigenvalue weighted by atomic mass is 10.1. The average molecular weight is 242 g/mol. The highest BCUT2D eigenvalue weighted by Crippen LogP contribution is 2.18. The minimum atomic E-state index is -0.258. The van der Waals surface area contributed by atoms with Crippen LogP contribution in [0.15, 0.2) is 36.8 Å². The molecule has 2 aromatic heterocycles. The molecular formula is C13H11FN4. The molecule has 0 amide bonds. The van der Waals surface area contributed by atoms with Crippen molar-refractivity contribution < 1.29 is 4.39 Å². The molecule has 0 aliphatic heterocycles. The van der Waals surface area contributed by atoms with Crippen LogP contribution in [0.5, 0.6) is 0 Å². The number of hydrogen-bond acceptors (Lipinski definition) is 3. The molecule has 0 N–H and O–H groups in total. The van der Waals surface area contributed by atoms with Gasteiger partial charge in [-0.15, -0.1) is 0 Å². The first-order chi connectivity index (χ1) is 8.78. The predicted octanol–water partition coefficient (Wildman–Crippen LogP) is 2.65. The molecule has 0 aliphatic carbocycles. The molecule has 3 rings (SSSR count). The van der Waals surface area contributed by atoms with Gasteiger partial charge in [-0.25, -0.2) is 19.3 Å². The van der Waals surface area contributed by atoms with Gasteiger partial charge >= 0.3 is 0 Å². The number of hydrogen-bond donors (Lipinski definition) is 0. The van der Waals surface area contributed by atoms with Crippen molar-refractivity contribution in [1.29, 1.82) is 0 Å². The highest BCUT2D eigenvalue weighted by Gasteiger charge is 2.07. The number of fused-ring (bicyclic) bond motifs is 1. The highest BCUT2D eigenvalue weighted by atomic mass is 19.1. The first kappa shape index (κ1) is 10.8. The Bertz CT molecular complexity index is 688. The monoisotopic (exact) mass is 242 g/mol. The molecule has 5 heteroatoms. The molecule has 0 saturated heterocycles. The lowest BCUT2D eigenvalue weighted by Gasteiger charge is -2.02. The fourth-order valence-corrected chi connectivity index (χ4v) is 1.83. The van der Waals surface area contributed by atoms with Gasteiger partial charge in [-0.1, -0.05) is 0 Å². The maximum absolute atomic E-state index is 12.9. The van der Waals surface area contributed by atoms with E-state index >= 15 is 0 Å². The topological polar surface area (TPSA) is 43.6 Å². The van der Waals surface area contributed by atoms with Gasteiger partial charge in [0.25, 0.3) is 0 Å². The summed E-state index contributed by atoms with van der Waals surface area (Å²) in [5.74, 6) is -0.258. The minimum absolute atomic E-state index is 0.258. The van der Waals surface area contributed by atoms with Gasteiger partial charge in [-0.3, -0.25) is 0 Å². The summed E-state index contributed by atoms with van der Waals surface area (Å²) in [6, 6.07) is 6.21. The van der Waals surface area contributed by atoms with Gasteiger partial charge in [0.2, 0.25) is 0 Å². The lowest BCUT2D eigenvalue weighted by Crippen LogP contribution is -1.95. The first-order valence-electron chi connectivity index (χ1n) is 5.71. The zero-order chi connectivity index (χ0) is 12.5. The third-order valence-electron chi connectivity index (χ3n) is 2.81. The Kier molecular flexibility index (Phi) is 2.51. The van der Waals surface area contributed by atoms with Gasteiger partial charge in [0, 0.05) is 12.1 Å². The molecule has 90 valence electrons. The van der Waals surface area contributed by atoms with Gasteiger partial charge in [0.15, 0.2) is 11.3 Å². The van der Waals surface area contributed by atoms with Crippen molar-refractivity contribution in [2.75, 3.05) is 0 Å². The lowest BCUT2D eigenvalue weighted by molar-refractivity contribution is 0.628. The standard InChI is InChI=1S/C13H11FN4/c1-2-18-8-16-12-13(18)17-11(7-15-12)9-3-5-10(14)6-4-9/h3-8H,2H2,1H3. The number of nitrogens with zero attached hydrogens (tertiary/aromatic N) is 4. The summed E-state index contributed by atoms with van der Waals surface area (Å²) in [7, 11) is 0. The van der Waals surface area contributed by atoms with Crippen LogP contribution >= 0.6 is 0 Å². The fraction of sp³-hybridized carbons (Fsp3) is 0.154. The van der Waals surface area contributed by atoms with Crippen LogP contribution < -0.4 is 0 Å². The molecule has 0 atom stereocenters. The van der Waals surface area contributed by atoms with Crippen LogP contribution in [0.4, 0.5) is 4.39 Å². The second kappa shape index (κ2) is 4.18. The molecule has 4 nitrogen and oxygen atoms in total. The summed E-state index contributed by atoms with van der Waals surface area (Å²) in [5, 5.41) is 0. The number of halogens is 1. The molecule has 2 heterocycles. The van der Waals surface area contributed by atoms with Crippen LogP contribution in [0.3, 0.4) is 0 Å². The van der Waals surface area contributed by atoms with Gasteiger partial charge < -0.3 is 4.57 Å². The summed E-state index contributed by atoms with van der Waals surface area (Å²) in [6.45, 7) is 2.81. The number of aromatic nitrogens is 4. The van der Waals surface area contributed by atoms with Crippen molar-refractivity contribution in [2.45, 2.75) is 13.5 Å². The van der Waals surface area contributed by atoms with E-state index in [0.29, 0.717) is 5.65 Å². The van der Waals surface area contributed by atoms with E-state index in [2.05, 4.69) is 15.0 Å². The largest absolute Gasteiger partial charge is 0.314 e. The summed E-state index contributed by atoms with van der Waals surface area (Å²) >= 11 is 0. The van der Waals surface area contributed by atoms with Crippen LogP contribution in [0, 0.1) is 5.82 Å². The zero-order valence-corrected chi connectivity index (χ0v) is 9.84. The van der Waals surface area contributed by atoms with Crippen LogP contribution in [0.25, 0.3) is 22.6 Å². The van der Waals surface area contributed by atoms with Gasteiger partial charge in [0.05, 0.1) is 18.2 Å². The Morgan fingerprint density at radius 2 is 1.94 bits per heavy atom. The van der Waals surface area contributed by atoms with Gasteiger partial charge in [0.1, 0.15) is 5.82 Å². The Labute approximate surface area is 103 Å². The van der Waals surface area contributed by atoms with Crippen molar-refractivity contribution in [1.82, 2.24) is 19.5 Å². The van der Waals surface area contributed by atoms with Crippen LogP contribution in [-0.2, 0) is 6.54 Å². The van der Waals surface area contributed by atoms with E-state index < -0.39 is 0 Å². The van der Waals surface area contributed by atoms with Crippen molar-refractivity contribution in [3.8, 4) is 11.3 Å². The smallest absolute Gasteiger partial charge is 0.197 e.